The predicted octanol–water partition coefficient (Wildman–Crippen LogP) is 7.49. The smallest absolute Gasteiger partial charge is 0.0544 e. The molecule has 0 aliphatic heterocycles. The van der Waals surface area contributed by atoms with Gasteiger partial charge in [-0.15, -0.1) is 0 Å². The molecule has 1 unspecified atom stereocenters. The normalized spacial score (nSPS) is 18.2. The fourth-order valence-electron chi connectivity index (χ4n) is 6.02. The molecular weight excluding hydrogens is 398 g/mol. The lowest BCUT2D eigenvalue weighted by Crippen LogP contribution is -2.27. The molecule has 1 atom stereocenters. The minimum absolute atomic E-state index is 0.0613. The highest BCUT2D eigenvalue weighted by Crippen LogP contribution is 2.52. The lowest BCUT2D eigenvalue weighted by molar-refractivity contribution is 0.487. The highest BCUT2D eigenvalue weighted by molar-refractivity contribution is 5.94. The van der Waals surface area contributed by atoms with Crippen LogP contribution in [0.2, 0.25) is 0 Å². The van der Waals surface area contributed by atoms with E-state index in [0.717, 1.165) is 0 Å². The molecule has 1 aromatic heterocycles. The van der Waals surface area contributed by atoms with Gasteiger partial charge in [-0.25, -0.2) is 0 Å². The van der Waals surface area contributed by atoms with Gasteiger partial charge in [-0.2, -0.15) is 0 Å². The average molecular weight is 434 g/mol. The van der Waals surface area contributed by atoms with Crippen molar-refractivity contribution < 1.29 is 0 Å². The summed E-state index contributed by atoms with van der Waals surface area (Å²) in [6.07, 6.45) is 10.9. The zero-order valence-corrected chi connectivity index (χ0v) is 20.5. The summed E-state index contributed by atoms with van der Waals surface area (Å²) in [6.45, 7) is 9.09. The molecule has 4 aromatic rings. The number of nitrogens with zero attached hydrogens (tertiary/aromatic N) is 1. The van der Waals surface area contributed by atoms with Crippen LogP contribution in [0.5, 0.6) is 0 Å². The number of hydrogen-bond acceptors (Lipinski definition) is 0. The van der Waals surface area contributed by atoms with Crippen LogP contribution >= 0.6 is 0 Å². The van der Waals surface area contributed by atoms with Crippen molar-refractivity contribution in [3.8, 4) is 16.8 Å². The lowest BCUT2D eigenvalue weighted by Gasteiger charge is -2.28. The second-order valence-corrected chi connectivity index (χ2v) is 9.65. The Bertz CT molecular complexity index is 1420. The number of para-hydroxylation sites is 1. The summed E-state index contributed by atoms with van der Waals surface area (Å²) < 4.78 is 2.45. The number of fused-ring (bicyclic) bond motifs is 4. The van der Waals surface area contributed by atoms with Crippen molar-refractivity contribution in [3.05, 3.63) is 88.4 Å². The average Bonchev–Trinajstić information content (AvgIpc) is 3.30. The second kappa shape index (κ2) is 8.71. The van der Waals surface area contributed by atoms with E-state index in [4.69, 9.17) is 0 Å². The fraction of sp³-hybridized carbons (Fsp3) is 0.312. The Kier molecular flexibility index (Phi) is 5.74. The maximum Gasteiger partial charge on any atom is 0.0544 e. The fourth-order valence-corrected chi connectivity index (χ4v) is 6.02. The standard InChI is InChI=1S/C32H35N/c1-5-8-9-15-20-32(4)28-19-14-13-18-25(28)26-21-27-24(6-2)30(7-3)33(31(27)22-29(26)32)23-16-11-10-12-17-23/h6-7,10-14,16-19,21-22H,5,8-9,15,20H2,1-4H3/b24-6-,30-7+. The predicted molar refractivity (Wildman–Crippen MR) is 143 cm³/mol. The van der Waals surface area contributed by atoms with E-state index in [0.29, 0.717) is 0 Å². The molecule has 1 heteroatoms. The number of benzene rings is 3. The van der Waals surface area contributed by atoms with Crippen molar-refractivity contribution in [2.75, 3.05) is 0 Å². The maximum atomic E-state index is 2.51. The molecule has 3 aromatic carbocycles. The lowest BCUT2D eigenvalue weighted by atomic mass is 9.76. The van der Waals surface area contributed by atoms with Crippen LogP contribution in [0.25, 0.3) is 39.9 Å². The molecule has 1 aliphatic rings. The van der Waals surface area contributed by atoms with E-state index >= 15 is 0 Å². The summed E-state index contributed by atoms with van der Waals surface area (Å²) in [6, 6.07) is 24.9. The van der Waals surface area contributed by atoms with Gasteiger partial charge >= 0.3 is 0 Å². The van der Waals surface area contributed by atoms with E-state index in [1.807, 2.05) is 0 Å². The number of rotatable bonds is 6. The maximum absolute atomic E-state index is 2.51. The molecule has 168 valence electrons. The molecule has 5 rings (SSSR count). The van der Waals surface area contributed by atoms with Gasteiger partial charge in [-0.1, -0.05) is 94.1 Å². The van der Waals surface area contributed by atoms with Gasteiger partial charge in [0.05, 0.1) is 5.52 Å². The Morgan fingerprint density at radius 2 is 1.55 bits per heavy atom. The van der Waals surface area contributed by atoms with Gasteiger partial charge < -0.3 is 4.57 Å². The third-order valence-electron chi connectivity index (χ3n) is 7.70. The zero-order valence-electron chi connectivity index (χ0n) is 20.5. The van der Waals surface area contributed by atoms with E-state index in [1.165, 1.54) is 81.5 Å². The molecule has 0 radical (unpaired) electrons. The molecule has 1 nitrogen and oxygen atoms in total. The van der Waals surface area contributed by atoms with Crippen LogP contribution in [0.15, 0.2) is 66.7 Å². The Labute approximate surface area is 198 Å². The Hall–Kier alpha value is -3.06. The molecule has 0 spiro atoms. The summed E-state index contributed by atoms with van der Waals surface area (Å²) in [4.78, 5) is 0. The summed E-state index contributed by atoms with van der Waals surface area (Å²) >= 11 is 0. The van der Waals surface area contributed by atoms with Crippen molar-refractivity contribution in [1.29, 1.82) is 0 Å². The van der Waals surface area contributed by atoms with Crippen molar-refractivity contribution in [2.45, 2.75) is 65.2 Å². The summed E-state index contributed by atoms with van der Waals surface area (Å²) in [5.41, 5.74) is 8.44. The van der Waals surface area contributed by atoms with E-state index in [-0.39, 0.29) is 5.41 Å². The number of hydrogen-bond donors (Lipinski definition) is 0. The van der Waals surface area contributed by atoms with E-state index in [1.54, 1.807) is 0 Å². The quantitative estimate of drug-likeness (QED) is 0.278. The molecule has 0 saturated heterocycles. The van der Waals surface area contributed by atoms with Gasteiger partial charge in [0.2, 0.25) is 0 Å². The first-order chi connectivity index (χ1) is 16.1. The van der Waals surface area contributed by atoms with Gasteiger partial charge in [-0.05, 0) is 66.8 Å². The molecule has 1 heterocycles. The monoisotopic (exact) mass is 433 g/mol. The SMILES string of the molecule is C/C=c1\c(=C/C)n(-c2ccccc2)c2cc3c(cc12)-c1ccccc1C3(C)CCCCCC. The third kappa shape index (κ3) is 3.37. The summed E-state index contributed by atoms with van der Waals surface area (Å²) in [5.74, 6) is 0. The molecule has 33 heavy (non-hydrogen) atoms. The number of aromatic nitrogens is 1. The highest BCUT2D eigenvalue weighted by Gasteiger charge is 2.39. The Balaban J connectivity index is 1.81. The molecule has 1 aliphatic carbocycles. The van der Waals surface area contributed by atoms with Gasteiger partial charge in [0.25, 0.3) is 0 Å². The van der Waals surface area contributed by atoms with Crippen LogP contribution < -0.4 is 10.6 Å². The van der Waals surface area contributed by atoms with Crippen molar-refractivity contribution >= 4 is 23.1 Å². The van der Waals surface area contributed by atoms with E-state index in [2.05, 4.69) is 111 Å². The minimum atomic E-state index is 0.0613. The minimum Gasteiger partial charge on any atom is -0.310 e. The van der Waals surface area contributed by atoms with Crippen LogP contribution in [-0.4, -0.2) is 4.57 Å². The molecular formula is C32H35N. The summed E-state index contributed by atoms with van der Waals surface area (Å²) in [5, 5.41) is 3.95. The number of unbranched alkanes of at least 4 members (excludes halogenated alkanes) is 3. The van der Waals surface area contributed by atoms with Crippen molar-refractivity contribution in [1.82, 2.24) is 4.57 Å². The first-order valence-corrected chi connectivity index (χ1v) is 12.6. The van der Waals surface area contributed by atoms with Crippen LogP contribution in [0, 0.1) is 0 Å². The largest absolute Gasteiger partial charge is 0.310 e. The molecule has 0 saturated carbocycles. The van der Waals surface area contributed by atoms with Crippen molar-refractivity contribution in [3.63, 3.8) is 0 Å². The zero-order chi connectivity index (χ0) is 23.0. The van der Waals surface area contributed by atoms with Gasteiger partial charge in [-0.3, -0.25) is 0 Å². The van der Waals surface area contributed by atoms with Gasteiger partial charge in [0.1, 0.15) is 0 Å². The first kappa shape index (κ1) is 21.8. The van der Waals surface area contributed by atoms with E-state index < -0.39 is 0 Å². The molecule has 0 amide bonds. The van der Waals surface area contributed by atoms with Crippen LogP contribution in [0.3, 0.4) is 0 Å². The van der Waals surface area contributed by atoms with Crippen LogP contribution in [0.1, 0.15) is 70.9 Å². The Morgan fingerprint density at radius 3 is 2.27 bits per heavy atom. The van der Waals surface area contributed by atoms with Gasteiger partial charge in [0.15, 0.2) is 0 Å². The van der Waals surface area contributed by atoms with E-state index in [9.17, 15) is 0 Å². The first-order valence-electron chi connectivity index (χ1n) is 12.6. The molecule has 0 fully saturated rings. The Morgan fingerprint density at radius 1 is 0.788 bits per heavy atom. The molecule has 0 bridgehead atoms. The van der Waals surface area contributed by atoms with Gasteiger partial charge in [0, 0.05) is 27.1 Å². The third-order valence-corrected chi connectivity index (χ3v) is 7.70. The molecule has 0 N–H and O–H groups in total. The topological polar surface area (TPSA) is 4.93 Å². The second-order valence-electron chi connectivity index (χ2n) is 9.65. The highest BCUT2D eigenvalue weighted by atomic mass is 15.0. The summed E-state index contributed by atoms with van der Waals surface area (Å²) in [7, 11) is 0. The van der Waals surface area contributed by atoms with Crippen LogP contribution in [-0.2, 0) is 5.41 Å². The van der Waals surface area contributed by atoms with Crippen molar-refractivity contribution in [2.24, 2.45) is 0 Å². The van der Waals surface area contributed by atoms with Crippen LogP contribution in [0.4, 0.5) is 0 Å².